The average Bonchev–Trinajstić information content (AvgIpc) is 2.81. The van der Waals surface area contributed by atoms with E-state index >= 15 is 35.1 Å². The topological polar surface area (TPSA) is 27.7 Å². The average molecular weight is 932 g/mol. The molecule has 25 heteroatoms. The van der Waals surface area contributed by atoms with Crippen molar-refractivity contribution >= 4 is 38.4 Å². The second-order valence-electron chi connectivity index (χ2n) is 9.48. The minimum absolute atomic E-state index is 0.441. The zero-order valence-electron chi connectivity index (χ0n) is 22.9. The van der Waals surface area contributed by atoms with Crippen molar-refractivity contribution in [3.8, 4) is 0 Å². The van der Waals surface area contributed by atoms with E-state index in [0.717, 1.165) is 0 Å². The molecule has 0 spiro atoms. The molecular formula is C20H26F20O3Sn2. The summed E-state index contributed by atoms with van der Waals surface area (Å²) in [4.78, 5) is 0. The summed E-state index contributed by atoms with van der Waals surface area (Å²) in [5.41, 5.74) is 0. The van der Waals surface area contributed by atoms with Crippen molar-refractivity contribution < 1.29 is 95.4 Å². The van der Waals surface area contributed by atoms with E-state index in [4.69, 9.17) is 0 Å². The summed E-state index contributed by atoms with van der Waals surface area (Å²) in [6.45, 7) is -2.43. The monoisotopic (exact) mass is 934 g/mol. The zero-order valence-corrected chi connectivity index (χ0v) is 28.6. The van der Waals surface area contributed by atoms with E-state index in [1.807, 2.05) is 0 Å². The first-order valence-corrected chi connectivity index (χ1v) is 22.8. The molecule has 0 saturated carbocycles. The molecule has 0 radical (unpaired) electrons. The van der Waals surface area contributed by atoms with Gasteiger partial charge in [-0.15, -0.1) is 0 Å². The van der Waals surface area contributed by atoms with E-state index in [2.05, 4.69) is 7.56 Å². The van der Waals surface area contributed by atoms with Gasteiger partial charge in [0.1, 0.15) is 0 Å². The molecule has 0 aromatic heterocycles. The number of alkyl halides is 20. The van der Waals surface area contributed by atoms with Crippen LogP contribution in [0.15, 0.2) is 0 Å². The zero-order chi connectivity index (χ0) is 36.2. The molecule has 0 aromatic rings. The van der Waals surface area contributed by atoms with Crippen LogP contribution in [0.3, 0.4) is 0 Å². The Balaban J connectivity index is 7.97. The van der Waals surface area contributed by atoms with Crippen LogP contribution in [-0.2, 0) is 7.56 Å². The third-order valence-corrected chi connectivity index (χ3v) is 36.3. The van der Waals surface area contributed by atoms with Gasteiger partial charge >= 0.3 is 253 Å². The molecule has 0 N–H and O–H groups in total. The van der Waals surface area contributed by atoms with E-state index in [1.54, 1.807) is 0 Å². The predicted molar refractivity (Wildman–Crippen MR) is 117 cm³/mol. The first-order chi connectivity index (χ1) is 19.7. The maximum atomic E-state index is 15.6. The summed E-state index contributed by atoms with van der Waals surface area (Å²) >= 11 is -18.7. The van der Waals surface area contributed by atoms with Crippen molar-refractivity contribution in [2.75, 3.05) is 13.2 Å². The van der Waals surface area contributed by atoms with Crippen LogP contribution in [0.2, 0.25) is 0 Å². The van der Waals surface area contributed by atoms with Crippen molar-refractivity contribution in [2.24, 2.45) is 0 Å². The van der Waals surface area contributed by atoms with E-state index in [9.17, 15) is 52.7 Å². The molecular weight excluding hydrogens is 906 g/mol. The van der Waals surface area contributed by atoms with Gasteiger partial charge in [-0.25, -0.2) is 0 Å². The predicted octanol–water partition coefficient (Wildman–Crippen LogP) is 10.0. The Bertz CT molecular complexity index is 781. The van der Waals surface area contributed by atoms with Crippen LogP contribution in [0.5, 0.6) is 0 Å². The van der Waals surface area contributed by atoms with Crippen LogP contribution in [0.1, 0.15) is 65.2 Å². The fraction of sp³-hybridized carbons (Fsp3) is 1.00. The molecule has 0 aromatic carbocycles. The molecule has 0 aliphatic carbocycles. The van der Waals surface area contributed by atoms with Crippen LogP contribution in [0.25, 0.3) is 0 Å². The van der Waals surface area contributed by atoms with Crippen LogP contribution in [0.4, 0.5) is 87.8 Å². The van der Waals surface area contributed by atoms with E-state index < -0.39 is 143 Å². The van der Waals surface area contributed by atoms with Crippen molar-refractivity contribution in [2.45, 2.75) is 106 Å². The van der Waals surface area contributed by atoms with Crippen LogP contribution >= 0.6 is 0 Å². The fourth-order valence-corrected chi connectivity index (χ4v) is 41.4. The molecule has 0 aliphatic heterocycles. The van der Waals surface area contributed by atoms with E-state index in [-0.39, 0.29) is 0 Å². The Kier molecular flexibility index (Phi) is 15.3. The number of hydrogen-bond donors (Lipinski definition) is 0. The Labute approximate surface area is 252 Å². The van der Waals surface area contributed by atoms with Crippen LogP contribution < -0.4 is 0 Å². The summed E-state index contributed by atoms with van der Waals surface area (Å²) in [6.07, 6.45) is -45.8. The Morgan fingerprint density at radius 1 is 0.333 bits per heavy atom. The minimum atomic E-state index is -9.35. The van der Waals surface area contributed by atoms with Gasteiger partial charge < -0.3 is 0 Å². The first kappa shape index (κ1) is 45.1. The molecule has 0 unspecified atom stereocenters. The normalized spacial score (nSPS) is 15.6. The summed E-state index contributed by atoms with van der Waals surface area (Å²) in [7, 11) is 0. The number of hydrogen-bond acceptors (Lipinski definition) is 3. The van der Waals surface area contributed by atoms with Gasteiger partial charge in [0.2, 0.25) is 0 Å². The molecule has 0 atom stereocenters. The molecule has 0 aliphatic rings. The molecule has 0 saturated heterocycles. The van der Waals surface area contributed by atoms with Gasteiger partial charge in [-0.05, 0) is 0 Å². The second-order valence-corrected chi connectivity index (χ2v) is 31.0. The van der Waals surface area contributed by atoms with Crippen LogP contribution in [0, 0.1) is 0 Å². The molecule has 0 amide bonds. The molecule has 0 fully saturated rings. The Hall–Kier alpha value is 0.0774. The summed E-state index contributed by atoms with van der Waals surface area (Å²) in [6, 6.07) is 0. The van der Waals surface area contributed by atoms with Crippen molar-refractivity contribution in [3.05, 3.63) is 0 Å². The Morgan fingerprint density at radius 2 is 0.511 bits per heavy atom. The summed E-state index contributed by atoms with van der Waals surface area (Å²) < 4.78 is 267. The maximum absolute atomic E-state index is 15.6. The van der Waals surface area contributed by atoms with Gasteiger partial charge in [-0.1, -0.05) is 0 Å². The molecule has 0 bridgehead atoms. The van der Waals surface area contributed by atoms with Gasteiger partial charge in [0.05, 0.1) is 0 Å². The van der Waals surface area contributed by atoms with Crippen LogP contribution in [-0.4, -0.2) is 92.1 Å². The first-order valence-electron chi connectivity index (χ1n) is 12.4. The molecule has 272 valence electrons. The third-order valence-electron chi connectivity index (χ3n) is 5.80. The second kappa shape index (κ2) is 15.3. The SMILES string of the molecule is CC[O][Sn]([O][Sn]([O]CC)([C](F)(F)CCC(F)(F)F)[C](F)(F)CCC(F)(F)F)([C](F)(F)CCC(F)(F)F)[C](F)(F)CCC(F)(F)F. The number of rotatable bonds is 18. The van der Waals surface area contributed by atoms with Gasteiger partial charge in [-0.2, -0.15) is 0 Å². The molecule has 0 rings (SSSR count). The standard InChI is InChI=1S/4C4H4F5.2C2H5O.O.2Sn/c4*5-3(6)1-2-4(7,8)9;2*1-2-3;;;/h4*1-2H2;2*2H2,1H3;;;/q;;;;2*-1;;2*+1. The summed E-state index contributed by atoms with van der Waals surface area (Å²) in [5, 5.41) is 0. The molecule has 45 heavy (non-hydrogen) atoms. The van der Waals surface area contributed by atoms with Crippen molar-refractivity contribution in [3.63, 3.8) is 0 Å². The van der Waals surface area contributed by atoms with Gasteiger partial charge in [0.25, 0.3) is 0 Å². The van der Waals surface area contributed by atoms with Crippen molar-refractivity contribution in [1.29, 1.82) is 0 Å². The quantitative estimate of drug-likeness (QED) is 0.101. The third kappa shape index (κ3) is 12.8. The van der Waals surface area contributed by atoms with Gasteiger partial charge in [0.15, 0.2) is 0 Å². The van der Waals surface area contributed by atoms with Gasteiger partial charge in [-0.3, -0.25) is 0 Å². The summed E-state index contributed by atoms with van der Waals surface area (Å²) in [5.74, 6) is 0. The Morgan fingerprint density at radius 3 is 0.644 bits per heavy atom. The van der Waals surface area contributed by atoms with Crippen molar-refractivity contribution in [1.82, 2.24) is 0 Å². The molecule has 3 nitrogen and oxygen atoms in total. The van der Waals surface area contributed by atoms with Gasteiger partial charge in [0, 0.05) is 0 Å². The fourth-order valence-electron chi connectivity index (χ4n) is 3.78. The number of halogens is 20. The van der Waals surface area contributed by atoms with E-state index in [0.29, 0.717) is 13.8 Å². The molecule has 0 heterocycles. The van der Waals surface area contributed by atoms with E-state index in [1.165, 1.54) is 0 Å².